The Labute approximate surface area is 226 Å². The third-order valence-corrected chi connectivity index (χ3v) is 8.08. The summed E-state index contributed by atoms with van der Waals surface area (Å²) in [5.74, 6) is -0.884. The predicted octanol–water partition coefficient (Wildman–Crippen LogP) is 4.35. The lowest BCUT2D eigenvalue weighted by Gasteiger charge is -2.38. The van der Waals surface area contributed by atoms with Crippen molar-refractivity contribution in [3.63, 3.8) is 0 Å². The van der Waals surface area contributed by atoms with E-state index in [9.17, 15) is 14.0 Å². The molecule has 3 aliphatic heterocycles. The molecule has 9 heteroatoms. The topological polar surface area (TPSA) is 65.5 Å². The first kappa shape index (κ1) is 26.2. The largest absolute Gasteiger partial charge is 0.466 e. The van der Waals surface area contributed by atoms with E-state index in [2.05, 4.69) is 34.2 Å². The first-order valence-electron chi connectivity index (χ1n) is 12.8. The molecule has 3 heterocycles. The second-order valence-corrected chi connectivity index (χ2v) is 10.4. The maximum atomic E-state index is 14.2. The number of thioether (sulfide) groups is 1. The Balaban J connectivity index is 1.27. The number of allylic oxidation sites excluding steroid dienone is 1. The highest BCUT2D eigenvalue weighted by Gasteiger charge is 2.41. The molecule has 0 spiro atoms. The first-order valence-corrected chi connectivity index (χ1v) is 13.6. The van der Waals surface area contributed by atoms with Gasteiger partial charge in [0.15, 0.2) is 5.17 Å². The molecule has 1 amide bonds. The van der Waals surface area contributed by atoms with E-state index in [0.717, 1.165) is 31.8 Å². The summed E-state index contributed by atoms with van der Waals surface area (Å²) in [6, 6.07) is 16.0. The number of amidine groups is 1. The highest BCUT2D eigenvalue weighted by Crippen LogP contribution is 2.45. The molecular weight excluding hydrogens is 503 g/mol. The van der Waals surface area contributed by atoms with Crippen LogP contribution >= 0.6 is 11.8 Å². The van der Waals surface area contributed by atoms with Crippen molar-refractivity contribution in [1.82, 2.24) is 14.7 Å². The Bertz CT molecular complexity index is 1300. The van der Waals surface area contributed by atoms with Crippen LogP contribution in [0, 0.1) is 5.82 Å². The second kappa shape index (κ2) is 11.5. The lowest BCUT2D eigenvalue weighted by molar-refractivity contribution is -0.136. The van der Waals surface area contributed by atoms with E-state index in [-0.39, 0.29) is 12.3 Å². The van der Waals surface area contributed by atoms with Crippen LogP contribution < -0.4 is 0 Å². The van der Waals surface area contributed by atoms with Crippen LogP contribution in [0.3, 0.4) is 0 Å². The van der Waals surface area contributed by atoms with Gasteiger partial charge in [-0.1, -0.05) is 54.2 Å². The van der Waals surface area contributed by atoms with Crippen molar-refractivity contribution in [3.05, 3.63) is 93.9 Å². The van der Waals surface area contributed by atoms with E-state index >= 15 is 0 Å². The van der Waals surface area contributed by atoms with Crippen LogP contribution in [0.5, 0.6) is 0 Å². The quantitative estimate of drug-likeness (QED) is 0.492. The van der Waals surface area contributed by atoms with Crippen LogP contribution in [0.15, 0.2) is 82.0 Å². The zero-order valence-electron chi connectivity index (χ0n) is 21.6. The fraction of sp³-hybridized carbons (Fsp3) is 0.345. The normalized spacial score (nSPS) is 19.7. The van der Waals surface area contributed by atoms with Crippen molar-refractivity contribution in [3.8, 4) is 0 Å². The lowest BCUT2D eigenvalue weighted by atomic mass is 9.93. The molecule has 5 rings (SSSR count). The SMILES string of the molecule is COC(=O)C1=C(C)N=C2SC=C(CC(=O)N3CCN(CCc4ccccc4)CC3)N2[C@@H]1c1cccc(F)c1. The molecular formula is C29H31FN4O3S. The number of piperazine rings is 1. The molecule has 3 aliphatic rings. The van der Waals surface area contributed by atoms with E-state index in [1.165, 1.54) is 36.6 Å². The number of carbonyl (C=O) groups excluding carboxylic acids is 2. The predicted molar refractivity (Wildman–Crippen MR) is 147 cm³/mol. The highest BCUT2D eigenvalue weighted by molar-refractivity contribution is 8.16. The fourth-order valence-corrected chi connectivity index (χ4v) is 6.12. The smallest absolute Gasteiger partial charge is 0.338 e. The van der Waals surface area contributed by atoms with E-state index in [1.807, 2.05) is 21.3 Å². The maximum absolute atomic E-state index is 14.2. The minimum absolute atomic E-state index is 0.0321. The van der Waals surface area contributed by atoms with Crippen molar-refractivity contribution in [2.45, 2.75) is 25.8 Å². The summed E-state index contributed by atoms with van der Waals surface area (Å²) >= 11 is 1.41. The van der Waals surface area contributed by atoms with Gasteiger partial charge < -0.3 is 14.5 Å². The fourth-order valence-electron chi connectivity index (χ4n) is 5.15. The molecule has 0 N–H and O–H groups in total. The van der Waals surface area contributed by atoms with Crippen molar-refractivity contribution in [2.75, 3.05) is 39.8 Å². The number of esters is 1. The molecule has 1 saturated heterocycles. The van der Waals surface area contributed by atoms with Crippen LogP contribution in [0.2, 0.25) is 0 Å². The van der Waals surface area contributed by atoms with Gasteiger partial charge in [-0.3, -0.25) is 9.69 Å². The Hall–Kier alpha value is -3.43. The molecule has 0 radical (unpaired) electrons. The van der Waals surface area contributed by atoms with Gasteiger partial charge in [-0.15, -0.1) is 0 Å². The van der Waals surface area contributed by atoms with Gasteiger partial charge in [-0.05, 0) is 42.0 Å². The third kappa shape index (κ3) is 5.54. The molecule has 38 heavy (non-hydrogen) atoms. The zero-order valence-corrected chi connectivity index (χ0v) is 22.4. The van der Waals surface area contributed by atoms with Crippen molar-refractivity contribution < 1.29 is 18.7 Å². The maximum Gasteiger partial charge on any atom is 0.338 e. The average Bonchev–Trinajstić information content (AvgIpc) is 3.33. The Kier molecular flexibility index (Phi) is 7.95. The summed E-state index contributed by atoms with van der Waals surface area (Å²) in [4.78, 5) is 37.0. The second-order valence-electron chi connectivity index (χ2n) is 9.57. The highest BCUT2D eigenvalue weighted by atomic mass is 32.2. The number of carbonyl (C=O) groups is 2. The first-order chi connectivity index (χ1) is 18.4. The Morgan fingerprint density at radius 1 is 1.08 bits per heavy atom. The average molecular weight is 535 g/mol. The summed E-state index contributed by atoms with van der Waals surface area (Å²) < 4.78 is 19.3. The molecule has 0 bridgehead atoms. The monoisotopic (exact) mass is 534 g/mol. The minimum Gasteiger partial charge on any atom is -0.466 e. The Morgan fingerprint density at radius 3 is 2.55 bits per heavy atom. The van der Waals surface area contributed by atoms with Gasteiger partial charge in [0, 0.05) is 38.4 Å². The summed E-state index contributed by atoms with van der Waals surface area (Å²) in [7, 11) is 1.32. The van der Waals surface area contributed by atoms with E-state index in [1.54, 1.807) is 19.1 Å². The molecule has 0 aromatic heterocycles. The van der Waals surface area contributed by atoms with Crippen molar-refractivity contribution >= 4 is 28.8 Å². The summed E-state index contributed by atoms with van der Waals surface area (Å²) in [6.45, 7) is 5.75. The summed E-state index contributed by atoms with van der Waals surface area (Å²) in [6.07, 6.45) is 1.17. The number of halogens is 1. The van der Waals surface area contributed by atoms with Gasteiger partial charge in [0.25, 0.3) is 0 Å². The molecule has 7 nitrogen and oxygen atoms in total. The van der Waals surface area contributed by atoms with E-state index in [0.29, 0.717) is 35.1 Å². The van der Waals surface area contributed by atoms with Crippen molar-refractivity contribution in [1.29, 1.82) is 0 Å². The van der Waals surface area contributed by atoms with E-state index < -0.39 is 17.8 Å². The zero-order chi connectivity index (χ0) is 26.6. The van der Waals surface area contributed by atoms with Crippen LogP contribution in [0.25, 0.3) is 0 Å². The van der Waals surface area contributed by atoms with Gasteiger partial charge in [0.1, 0.15) is 5.82 Å². The number of methoxy groups -OCH3 is 1. The molecule has 2 aromatic rings. The number of rotatable bonds is 7. The molecule has 2 aromatic carbocycles. The molecule has 1 atom stereocenters. The number of amides is 1. The number of aliphatic imine (C=N–C) groups is 1. The Morgan fingerprint density at radius 2 is 1.84 bits per heavy atom. The van der Waals surface area contributed by atoms with Gasteiger partial charge in [0.05, 0.1) is 30.8 Å². The van der Waals surface area contributed by atoms with Gasteiger partial charge in [0.2, 0.25) is 5.91 Å². The minimum atomic E-state index is -0.630. The molecule has 1 fully saturated rings. The summed E-state index contributed by atoms with van der Waals surface area (Å²) in [5, 5.41) is 2.57. The number of nitrogens with zero attached hydrogens (tertiary/aromatic N) is 4. The number of hydrogen-bond donors (Lipinski definition) is 0. The molecule has 0 unspecified atom stereocenters. The number of fused-ring (bicyclic) bond motifs is 1. The van der Waals surface area contributed by atoms with Crippen molar-refractivity contribution in [2.24, 2.45) is 4.99 Å². The van der Waals surface area contributed by atoms with Gasteiger partial charge in [-0.2, -0.15) is 0 Å². The lowest BCUT2D eigenvalue weighted by Crippen LogP contribution is -2.49. The molecule has 0 aliphatic carbocycles. The van der Waals surface area contributed by atoms with E-state index in [4.69, 9.17) is 4.74 Å². The van der Waals surface area contributed by atoms with Crippen LogP contribution in [-0.2, 0) is 20.7 Å². The number of hydrogen-bond acceptors (Lipinski definition) is 7. The standard InChI is InChI=1S/C29H31FN4O3S/c1-20-26(28(36)37-2)27(22-9-6-10-23(30)17-22)34-24(19-38-29(34)31-20)18-25(35)33-15-13-32(14-16-33)12-11-21-7-4-3-5-8-21/h3-10,17,19,27H,11-16,18H2,1-2H3/t27-/m1/s1. The number of ether oxygens (including phenoxy) is 1. The third-order valence-electron chi connectivity index (χ3n) is 7.19. The van der Waals surface area contributed by atoms with Gasteiger partial charge in [-0.25, -0.2) is 14.2 Å². The van der Waals surface area contributed by atoms with Crippen LogP contribution in [-0.4, -0.2) is 71.6 Å². The van der Waals surface area contributed by atoms with Crippen LogP contribution in [0.1, 0.15) is 30.5 Å². The molecule has 198 valence electrons. The van der Waals surface area contributed by atoms with Crippen LogP contribution in [0.4, 0.5) is 4.39 Å². The molecule has 0 saturated carbocycles. The summed E-state index contributed by atoms with van der Waals surface area (Å²) in [5.41, 5.74) is 3.53. The number of benzene rings is 2. The van der Waals surface area contributed by atoms with Gasteiger partial charge >= 0.3 is 5.97 Å².